The molecule has 22 heavy (non-hydrogen) atoms. The number of carbonyl (C=O) groups excluding carboxylic acids is 1. The van der Waals surface area contributed by atoms with Crippen molar-refractivity contribution in [1.82, 2.24) is 10.5 Å². The van der Waals surface area contributed by atoms with Gasteiger partial charge in [0.15, 0.2) is 0 Å². The van der Waals surface area contributed by atoms with Crippen LogP contribution in [0.5, 0.6) is 0 Å². The van der Waals surface area contributed by atoms with Crippen LogP contribution in [-0.4, -0.2) is 27.8 Å². The molecule has 1 aromatic heterocycles. The Labute approximate surface area is 131 Å². The fourth-order valence-electron chi connectivity index (χ4n) is 2.90. The number of aromatic nitrogens is 1. The number of rotatable bonds is 7. The molecule has 0 bridgehead atoms. The average molecular weight is 304 g/mol. The molecule has 0 fully saturated rings. The predicted molar refractivity (Wildman–Crippen MR) is 84.7 cm³/mol. The van der Waals surface area contributed by atoms with E-state index < -0.39 is 11.6 Å². The van der Waals surface area contributed by atoms with E-state index >= 15 is 0 Å². The van der Waals surface area contributed by atoms with Crippen molar-refractivity contribution in [2.75, 3.05) is 0 Å². The Kier molecular flexibility index (Phi) is 5.19. The molecule has 1 atom stereocenters. The highest BCUT2D eigenvalue weighted by molar-refractivity contribution is 5.93. The van der Waals surface area contributed by atoms with Crippen LogP contribution in [0.3, 0.4) is 0 Å². The van der Waals surface area contributed by atoms with E-state index in [1.54, 1.807) is 19.1 Å². The Morgan fingerprint density at radius 1 is 1.41 bits per heavy atom. The maximum atomic E-state index is 12.4. The SMILES string of the molecule is C=CCC(O)(CC=C)C(C)NC(=O)c1onc2c1CCCC2. The van der Waals surface area contributed by atoms with E-state index in [2.05, 4.69) is 23.6 Å². The molecule has 2 rings (SSSR count). The number of amides is 1. The molecule has 5 heteroatoms. The van der Waals surface area contributed by atoms with Gasteiger partial charge < -0.3 is 14.9 Å². The van der Waals surface area contributed by atoms with Crippen LogP contribution in [0.4, 0.5) is 0 Å². The van der Waals surface area contributed by atoms with Crippen molar-refractivity contribution in [3.05, 3.63) is 42.3 Å². The number of aryl methyl sites for hydroxylation is 1. The number of nitrogens with zero attached hydrogens (tertiary/aromatic N) is 1. The summed E-state index contributed by atoms with van der Waals surface area (Å²) in [6, 6.07) is -0.458. The predicted octanol–water partition coefficient (Wildman–Crippen LogP) is 2.56. The molecule has 0 spiro atoms. The van der Waals surface area contributed by atoms with Gasteiger partial charge in [0, 0.05) is 5.56 Å². The molecule has 1 unspecified atom stereocenters. The first-order valence-corrected chi connectivity index (χ1v) is 7.74. The van der Waals surface area contributed by atoms with Gasteiger partial charge in [-0.3, -0.25) is 4.79 Å². The molecule has 1 aliphatic rings. The lowest BCUT2D eigenvalue weighted by atomic mass is 9.88. The third kappa shape index (κ3) is 3.30. The zero-order valence-corrected chi connectivity index (χ0v) is 13.1. The van der Waals surface area contributed by atoms with Gasteiger partial charge in [-0.2, -0.15) is 0 Å². The lowest BCUT2D eigenvalue weighted by Crippen LogP contribution is -2.50. The molecule has 1 aliphatic carbocycles. The molecule has 5 nitrogen and oxygen atoms in total. The van der Waals surface area contributed by atoms with Crippen molar-refractivity contribution >= 4 is 5.91 Å². The highest BCUT2D eigenvalue weighted by atomic mass is 16.5. The number of carbonyl (C=O) groups is 1. The molecule has 0 saturated carbocycles. The van der Waals surface area contributed by atoms with Gasteiger partial charge in [-0.15, -0.1) is 13.2 Å². The molecule has 0 aliphatic heterocycles. The summed E-state index contributed by atoms with van der Waals surface area (Å²) in [5, 5.41) is 17.5. The Hall–Kier alpha value is -1.88. The molecular weight excluding hydrogens is 280 g/mol. The number of hydrogen-bond donors (Lipinski definition) is 2. The van der Waals surface area contributed by atoms with E-state index in [1.165, 1.54) is 0 Å². The van der Waals surface area contributed by atoms with E-state index in [4.69, 9.17) is 4.52 Å². The second kappa shape index (κ2) is 6.92. The van der Waals surface area contributed by atoms with Crippen molar-refractivity contribution in [2.24, 2.45) is 0 Å². The molecule has 120 valence electrons. The van der Waals surface area contributed by atoms with Gasteiger partial charge in [-0.1, -0.05) is 17.3 Å². The Morgan fingerprint density at radius 3 is 2.68 bits per heavy atom. The third-order valence-corrected chi connectivity index (χ3v) is 4.32. The summed E-state index contributed by atoms with van der Waals surface area (Å²) >= 11 is 0. The van der Waals surface area contributed by atoms with Crippen LogP contribution in [0.25, 0.3) is 0 Å². The zero-order valence-electron chi connectivity index (χ0n) is 13.1. The van der Waals surface area contributed by atoms with Crippen LogP contribution >= 0.6 is 0 Å². The molecule has 1 amide bonds. The third-order valence-electron chi connectivity index (χ3n) is 4.32. The van der Waals surface area contributed by atoms with Gasteiger partial charge in [-0.05, 0) is 45.4 Å². The maximum absolute atomic E-state index is 12.4. The van der Waals surface area contributed by atoms with Gasteiger partial charge in [0.1, 0.15) is 0 Å². The first kappa shape index (κ1) is 16.5. The minimum atomic E-state index is -1.10. The number of aliphatic hydroxyl groups is 1. The first-order valence-electron chi connectivity index (χ1n) is 7.74. The number of fused-ring (bicyclic) bond motifs is 1. The summed E-state index contributed by atoms with van der Waals surface area (Å²) in [5.74, 6) is -0.0456. The van der Waals surface area contributed by atoms with Crippen LogP contribution in [0, 0.1) is 0 Å². The second-order valence-electron chi connectivity index (χ2n) is 5.93. The number of nitrogens with one attached hydrogen (secondary N) is 1. The topological polar surface area (TPSA) is 75.4 Å². The van der Waals surface area contributed by atoms with Crippen LogP contribution in [0.2, 0.25) is 0 Å². The average Bonchev–Trinajstić information content (AvgIpc) is 2.91. The Balaban J connectivity index is 2.12. The zero-order chi connectivity index (χ0) is 16.2. The minimum absolute atomic E-state index is 0.279. The molecular formula is C17H24N2O3. The largest absolute Gasteiger partial charge is 0.387 e. The van der Waals surface area contributed by atoms with E-state index in [1.807, 2.05) is 0 Å². The van der Waals surface area contributed by atoms with E-state index in [0.29, 0.717) is 12.8 Å². The van der Waals surface area contributed by atoms with Gasteiger partial charge >= 0.3 is 0 Å². The second-order valence-corrected chi connectivity index (χ2v) is 5.93. The highest BCUT2D eigenvalue weighted by Crippen LogP contribution is 2.25. The lowest BCUT2D eigenvalue weighted by molar-refractivity contribution is 0.0122. The Bertz CT molecular complexity index is 552. The molecule has 2 N–H and O–H groups in total. The summed E-state index contributed by atoms with van der Waals surface area (Å²) in [6.45, 7) is 9.09. The summed E-state index contributed by atoms with van der Waals surface area (Å²) in [4.78, 5) is 12.4. The fourth-order valence-corrected chi connectivity index (χ4v) is 2.90. The van der Waals surface area contributed by atoms with Gasteiger partial charge in [-0.25, -0.2) is 0 Å². The highest BCUT2D eigenvalue weighted by Gasteiger charge is 2.34. The van der Waals surface area contributed by atoms with E-state index in [9.17, 15) is 9.90 Å². The quantitative estimate of drug-likeness (QED) is 0.759. The van der Waals surface area contributed by atoms with Crippen molar-refractivity contribution < 1.29 is 14.4 Å². The number of hydrogen-bond acceptors (Lipinski definition) is 4. The van der Waals surface area contributed by atoms with Crippen LogP contribution < -0.4 is 5.32 Å². The summed E-state index contributed by atoms with van der Waals surface area (Å²) in [7, 11) is 0. The minimum Gasteiger partial charge on any atom is -0.387 e. The summed E-state index contributed by atoms with van der Waals surface area (Å²) < 4.78 is 5.23. The smallest absolute Gasteiger partial charge is 0.290 e. The van der Waals surface area contributed by atoms with Crippen LogP contribution in [0.15, 0.2) is 29.8 Å². The van der Waals surface area contributed by atoms with E-state index in [-0.39, 0.29) is 11.7 Å². The Morgan fingerprint density at radius 2 is 2.05 bits per heavy atom. The standard InChI is InChI=1S/C17H24N2O3/c1-4-10-17(21,11-5-2)12(3)18-16(20)15-13-8-6-7-9-14(13)19-22-15/h4-5,12,21H,1-2,6-11H2,3H3,(H,18,20). The van der Waals surface area contributed by atoms with Crippen molar-refractivity contribution in [3.63, 3.8) is 0 Å². The van der Waals surface area contributed by atoms with Gasteiger partial charge in [0.25, 0.3) is 5.91 Å². The summed E-state index contributed by atoms with van der Waals surface area (Å²) in [6.07, 6.45) is 7.82. The van der Waals surface area contributed by atoms with Crippen molar-refractivity contribution in [3.8, 4) is 0 Å². The molecule has 0 radical (unpaired) electrons. The van der Waals surface area contributed by atoms with Crippen molar-refractivity contribution in [1.29, 1.82) is 0 Å². The van der Waals surface area contributed by atoms with Crippen LogP contribution in [-0.2, 0) is 12.8 Å². The lowest BCUT2D eigenvalue weighted by Gasteiger charge is -2.32. The monoisotopic (exact) mass is 304 g/mol. The molecule has 1 heterocycles. The van der Waals surface area contributed by atoms with Gasteiger partial charge in [0.05, 0.1) is 17.3 Å². The molecule has 0 aromatic carbocycles. The van der Waals surface area contributed by atoms with E-state index in [0.717, 1.165) is 36.9 Å². The van der Waals surface area contributed by atoms with Crippen molar-refractivity contribution in [2.45, 2.75) is 57.1 Å². The molecule has 0 saturated heterocycles. The maximum Gasteiger partial charge on any atom is 0.290 e. The molecule has 1 aromatic rings. The fraction of sp³-hybridized carbons (Fsp3) is 0.529. The van der Waals surface area contributed by atoms with Gasteiger partial charge in [0.2, 0.25) is 5.76 Å². The van der Waals surface area contributed by atoms with Crippen LogP contribution in [0.1, 0.15) is 54.4 Å². The summed E-state index contributed by atoms with van der Waals surface area (Å²) in [5.41, 5.74) is 0.697. The first-order chi connectivity index (χ1) is 10.5. The normalized spacial score (nSPS) is 15.7.